The second-order valence-electron chi connectivity index (χ2n) is 2.81. The van der Waals surface area contributed by atoms with E-state index >= 15 is 0 Å². The number of hydrogen-bond acceptors (Lipinski definition) is 4. The monoisotopic (exact) mass is 186 g/mol. The number of hydrogen-bond donors (Lipinski definition) is 0. The first kappa shape index (κ1) is 10.1. The Bertz CT molecular complexity index is 206. The maximum atomic E-state index is 11.2. The quantitative estimate of drug-likeness (QED) is 0.276. The third kappa shape index (κ3) is 3.94. The van der Waals surface area contributed by atoms with Gasteiger partial charge < -0.3 is 14.2 Å². The third-order valence-electron chi connectivity index (χ3n) is 1.55. The zero-order valence-electron chi connectivity index (χ0n) is 7.91. The Labute approximate surface area is 77.5 Å². The molecule has 4 nitrogen and oxygen atoms in total. The summed E-state index contributed by atoms with van der Waals surface area (Å²) in [6, 6.07) is 0. The van der Waals surface area contributed by atoms with Crippen LogP contribution in [0, 0.1) is 0 Å². The molecule has 1 aliphatic heterocycles. The molecule has 0 aromatic carbocycles. The normalized spacial score (nSPS) is 21.1. The minimum atomic E-state index is -0.344. The molecule has 1 aliphatic rings. The molecule has 4 heteroatoms. The maximum absolute atomic E-state index is 11.2. The molecule has 74 valence electrons. The molecule has 0 spiro atoms. The van der Waals surface area contributed by atoms with Crippen LogP contribution in [-0.2, 0) is 19.0 Å². The lowest BCUT2D eigenvalue weighted by atomic mass is 10.3. The summed E-state index contributed by atoms with van der Waals surface area (Å²) < 4.78 is 14.7. The Morgan fingerprint density at radius 2 is 2.38 bits per heavy atom. The second kappa shape index (κ2) is 4.87. The highest BCUT2D eigenvalue weighted by molar-refractivity contribution is 5.87. The van der Waals surface area contributed by atoms with E-state index in [-0.39, 0.29) is 12.1 Å². The van der Waals surface area contributed by atoms with Crippen LogP contribution in [0.2, 0.25) is 0 Å². The van der Waals surface area contributed by atoms with E-state index in [1.807, 2.05) is 6.92 Å². The van der Waals surface area contributed by atoms with Gasteiger partial charge in [-0.3, -0.25) is 0 Å². The minimum absolute atomic E-state index is 0.115. The van der Waals surface area contributed by atoms with E-state index in [1.54, 1.807) is 6.92 Å². The third-order valence-corrected chi connectivity index (χ3v) is 1.55. The summed E-state index contributed by atoms with van der Waals surface area (Å²) in [6.45, 7) is 5.10. The predicted molar refractivity (Wildman–Crippen MR) is 46.1 cm³/mol. The van der Waals surface area contributed by atoms with Crippen molar-refractivity contribution in [3.05, 3.63) is 11.8 Å². The predicted octanol–water partition coefficient (Wildman–Crippen LogP) is 0.869. The molecule has 0 aromatic rings. The van der Waals surface area contributed by atoms with Crippen molar-refractivity contribution in [2.45, 2.75) is 20.0 Å². The van der Waals surface area contributed by atoms with Gasteiger partial charge in [0.25, 0.3) is 0 Å². The molecule has 1 atom stereocenters. The molecule has 0 bridgehead atoms. The molecule has 1 saturated heterocycles. The Morgan fingerprint density at radius 1 is 1.69 bits per heavy atom. The number of carbonyl (C=O) groups excluding carboxylic acids is 1. The van der Waals surface area contributed by atoms with Crippen LogP contribution in [-0.4, -0.2) is 31.9 Å². The molecule has 0 aliphatic carbocycles. The number of epoxide rings is 1. The number of ether oxygens (including phenoxy) is 3. The molecule has 1 heterocycles. The summed E-state index contributed by atoms with van der Waals surface area (Å²) in [6.07, 6.45) is 1.53. The fourth-order valence-corrected chi connectivity index (χ4v) is 0.703. The van der Waals surface area contributed by atoms with Crippen molar-refractivity contribution in [1.29, 1.82) is 0 Å². The molecule has 0 saturated carbocycles. The van der Waals surface area contributed by atoms with Crippen LogP contribution < -0.4 is 0 Å². The number of rotatable bonds is 5. The van der Waals surface area contributed by atoms with Crippen molar-refractivity contribution >= 4 is 5.97 Å². The molecule has 1 rings (SSSR count). The molecule has 1 fully saturated rings. The van der Waals surface area contributed by atoms with Gasteiger partial charge in [0.2, 0.25) is 0 Å². The number of esters is 1. The lowest BCUT2D eigenvalue weighted by molar-refractivity contribution is -0.139. The van der Waals surface area contributed by atoms with Crippen LogP contribution in [0.25, 0.3) is 0 Å². The Morgan fingerprint density at radius 3 is 2.92 bits per heavy atom. The molecule has 0 aromatic heterocycles. The first-order chi connectivity index (χ1) is 6.24. The maximum Gasteiger partial charge on any atom is 0.336 e. The first-order valence-corrected chi connectivity index (χ1v) is 4.31. The Balaban J connectivity index is 2.19. The van der Waals surface area contributed by atoms with Gasteiger partial charge in [-0.25, -0.2) is 4.79 Å². The largest absolute Gasteiger partial charge is 0.501 e. The van der Waals surface area contributed by atoms with E-state index in [1.165, 1.54) is 6.26 Å². The summed E-state index contributed by atoms with van der Waals surface area (Å²) in [5, 5.41) is 0. The Kier molecular flexibility index (Phi) is 3.76. The van der Waals surface area contributed by atoms with Gasteiger partial charge >= 0.3 is 5.97 Å². The fourth-order valence-electron chi connectivity index (χ4n) is 0.703. The Hall–Kier alpha value is -1.03. The highest BCUT2D eigenvalue weighted by Gasteiger charge is 2.24. The molecule has 0 amide bonds. The van der Waals surface area contributed by atoms with Crippen LogP contribution in [0.5, 0.6) is 0 Å². The van der Waals surface area contributed by atoms with Crippen LogP contribution in [0.15, 0.2) is 11.8 Å². The molecule has 1 unspecified atom stereocenters. The average molecular weight is 186 g/mol. The van der Waals surface area contributed by atoms with Gasteiger partial charge in [-0.15, -0.1) is 0 Å². The van der Waals surface area contributed by atoms with Gasteiger partial charge in [-0.05, 0) is 13.8 Å². The van der Waals surface area contributed by atoms with Gasteiger partial charge in [0, 0.05) is 0 Å². The topological polar surface area (TPSA) is 48.1 Å². The van der Waals surface area contributed by atoms with Gasteiger partial charge in [-0.2, -0.15) is 0 Å². The van der Waals surface area contributed by atoms with Gasteiger partial charge in [0.15, 0.2) is 0 Å². The smallest absolute Gasteiger partial charge is 0.336 e. The van der Waals surface area contributed by atoms with Crippen molar-refractivity contribution in [3.63, 3.8) is 0 Å². The minimum Gasteiger partial charge on any atom is -0.501 e. The van der Waals surface area contributed by atoms with Gasteiger partial charge in [-0.1, -0.05) is 0 Å². The van der Waals surface area contributed by atoms with Crippen molar-refractivity contribution in [2.75, 3.05) is 19.8 Å². The van der Waals surface area contributed by atoms with Crippen molar-refractivity contribution < 1.29 is 19.0 Å². The van der Waals surface area contributed by atoms with E-state index in [2.05, 4.69) is 0 Å². The zero-order chi connectivity index (χ0) is 9.68. The summed E-state index contributed by atoms with van der Waals surface area (Å²) >= 11 is 0. The summed E-state index contributed by atoms with van der Waals surface area (Å²) in [7, 11) is 0. The van der Waals surface area contributed by atoms with E-state index in [0.717, 1.165) is 0 Å². The summed E-state index contributed by atoms with van der Waals surface area (Å²) in [5.41, 5.74) is 0.475. The molecular weight excluding hydrogens is 172 g/mol. The zero-order valence-corrected chi connectivity index (χ0v) is 7.91. The van der Waals surface area contributed by atoms with E-state index in [4.69, 9.17) is 14.2 Å². The molecule has 0 radical (unpaired) electrons. The van der Waals surface area contributed by atoms with Gasteiger partial charge in [0.1, 0.15) is 12.7 Å². The van der Waals surface area contributed by atoms with E-state index in [0.29, 0.717) is 25.4 Å². The summed E-state index contributed by atoms with van der Waals surface area (Å²) in [4.78, 5) is 11.2. The van der Waals surface area contributed by atoms with Crippen molar-refractivity contribution in [1.82, 2.24) is 0 Å². The highest BCUT2D eigenvalue weighted by atomic mass is 16.6. The van der Waals surface area contributed by atoms with Crippen LogP contribution in [0.4, 0.5) is 0 Å². The van der Waals surface area contributed by atoms with Crippen LogP contribution in [0.3, 0.4) is 0 Å². The van der Waals surface area contributed by atoms with Crippen molar-refractivity contribution in [2.24, 2.45) is 0 Å². The van der Waals surface area contributed by atoms with Crippen LogP contribution >= 0.6 is 0 Å². The van der Waals surface area contributed by atoms with Crippen molar-refractivity contribution in [3.8, 4) is 0 Å². The molecule has 13 heavy (non-hydrogen) atoms. The van der Waals surface area contributed by atoms with E-state index < -0.39 is 0 Å². The highest BCUT2D eigenvalue weighted by Crippen LogP contribution is 2.09. The lowest BCUT2D eigenvalue weighted by Gasteiger charge is -2.02. The SMILES string of the molecule is CCOC=C(C)C(=O)OCC1CO1. The second-order valence-corrected chi connectivity index (χ2v) is 2.81. The van der Waals surface area contributed by atoms with E-state index in [9.17, 15) is 4.79 Å². The molecule has 0 N–H and O–H groups in total. The number of carbonyl (C=O) groups is 1. The molecular formula is C9H14O4. The summed E-state index contributed by atoms with van der Waals surface area (Å²) in [5.74, 6) is -0.344. The average Bonchev–Trinajstić information content (AvgIpc) is 2.93. The fraction of sp³-hybridized carbons (Fsp3) is 0.667. The van der Waals surface area contributed by atoms with Gasteiger partial charge in [0.05, 0.1) is 25.0 Å². The first-order valence-electron chi connectivity index (χ1n) is 4.31. The standard InChI is InChI=1S/C9H14O4/c1-3-11-4-7(2)9(10)13-6-8-5-12-8/h4,8H,3,5-6H2,1-2H3. The van der Waals surface area contributed by atoms with Crippen LogP contribution in [0.1, 0.15) is 13.8 Å². The lowest BCUT2D eigenvalue weighted by Crippen LogP contribution is -2.10.